The summed E-state index contributed by atoms with van der Waals surface area (Å²) in [6, 6.07) is 22.7. The lowest BCUT2D eigenvalue weighted by atomic mass is 9.90. The Labute approximate surface area is 306 Å². The zero-order chi connectivity index (χ0) is 35.5. The highest BCUT2D eigenvalue weighted by atomic mass is 79.9. The second kappa shape index (κ2) is 17.1. The number of rotatable bonds is 10. The van der Waals surface area contributed by atoms with Crippen LogP contribution in [0.25, 0.3) is 5.57 Å². The molecular weight excluding hydrogens is 751 g/mol. The molecule has 0 N–H and O–H groups in total. The molecule has 1 aliphatic heterocycles. The first-order chi connectivity index (χ1) is 24.2. The predicted octanol–water partition coefficient (Wildman–Crippen LogP) is 7.76. The Hall–Kier alpha value is -5.00. The van der Waals surface area contributed by atoms with Crippen molar-refractivity contribution in [3.63, 3.8) is 0 Å². The maximum Gasteiger partial charge on any atom is 0.341 e. The van der Waals surface area contributed by atoms with Gasteiger partial charge in [0.2, 0.25) is 11.8 Å². The van der Waals surface area contributed by atoms with E-state index in [1.165, 1.54) is 39.2 Å². The van der Waals surface area contributed by atoms with Crippen LogP contribution in [0.5, 0.6) is 23.3 Å². The van der Waals surface area contributed by atoms with Gasteiger partial charge in [-0.05, 0) is 36.8 Å². The van der Waals surface area contributed by atoms with Crippen molar-refractivity contribution in [3.8, 4) is 29.3 Å². The van der Waals surface area contributed by atoms with E-state index in [2.05, 4.69) is 42.0 Å². The van der Waals surface area contributed by atoms with E-state index in [0.29, 0.717) is 45.8 Å². The normalized spacial score (nSPS) is 16.8. The van der Waals surface area contributed by atoms with Crippen molar-refractivity contribution < 1.29 is 28.5 Å². The van der Waals surface area contributed by atoms with Gasteiger partial charge in [-0.1, -0.05) is 75.5 Å². The molecule has 15 heteroatoms. The third-order valence-electron chi connectivity index (χ3n) is 7.27. The average molecular weight is 780 g/mol. The number of benzene rings is 3. The van der Waals surface area contributed by atoms with Crippen LogP contribution in [0.2, 0.25) is 10.0 Å². The molecule has 2 atom stereocenters. The van der Waals surface area contributed by atoms with Gasteiger partial charge in [-0.15, -0.1) is 0 Å². The van der Waals surface area contributed by atoms with Gasteiger partial charge in [-0.2, -0.15) is 10.4 Å². The van der Waals surface area contributed by atoms with E-state index in [9.17, 15) is 10.1 Å². The Morgan fingerprint density at radius 1 is 1.04 bits per heavy atom. The summed E-state index contributed by atoms with van der Waals surface area (Å²) in [5, 5.41) is 14.6. The summed E-state index contributed by atoms with van der Waals surface area (Å²) < 4.78 is 29.2. The van der Waals surface area contributed by atoms with Gasteiger partial charge < -0.3 is 23.7 Å². The van der Waals surface area contributed by atoms with Crippen molar-refractivity contribution in [3.05, 3.63) is 125 Å². The Morgan fingerprint density at radius 3 is 2.40 bits per heavy atom. The van der Waals surface area contributed by atoms with Gasteiger partial charge in [0.1, 0.15) is 47.7 Å². The number of methoxy groups -OCH3 is 2. The molecule has 0 aliphatic carbocycles. The highest BCUT2D eigenvalue weighted by Crippen LogP contribution is 2.43. The number of halogens is 3. The predicted molar refractivity (Wildman–Crippen MR) is 188 cm³/mol. The number of aromatic nitrogens is 5. The number of para-hydroxylation sites is 2. The van der Waals surface area contributed by atoms with Crippen LogP contribution in [0.1, 0.15) is 23.1 Å². The van der Waals surface area contributed by atoms with Crippen LogP contribution in [0.3, 0.4) is 0 Å². The molecule has 3 heterocycles. The number of ether oxygens (including phenoxy) is 5. The summed E-state index contributed by atoms with van der Waals surface area (Å²) in [4.78, 5) is 24.5. The molecule has 0 saturated carbocycles. The monoisotopic (exact) mass is 778 g/mol. The highest BCUT2D eigenvalue weighted by Gasteiger charge is 2.43. The number of hydrogen-bond donors (Lipinski definition) is 0. The van der Waals surface area contributed by atoms with Crippen molar-refractivity contribution in [2.24, 2.45) is 0 Å². The van der Waals surface area contributed by atoms with Crippen LogP contribution in [-0.4, -0.2) is 56.4 Å². The van der Waals surface area contributed by atoms with Gasteiger partial charge in [0.05, 0.1) is 45.3 Å². The summed E-state index contributed by atoms with van der Waals surface area (Å²) in [6.45, 7) is 1.20. The molecular formula is C35H29BrCl2N6O6. The first kappa shape index (κ1) is 36.3. The highest BCUT2D eigenvalue weighted by molar-refractivity contribution is 9.09. The molecule has 1 aliphatic rings. The molecule has 2 unspecified atom stereocenters. The van der Waals surface area contributed by atoms with E-state index in [-0.39, 0.29) is 22.2 Å². The zero-order valence-corrected chi connectivity index (χ0v) is 29.8. The van der Waals surface area contributed by atoms with E-state index >= 15 is 0 Å². The second-order valence-corrected chi connectivity index (χ2v) is 12.7. The smallest absolute Gasteiger partial charge is 0.341 e. The Morgan fingerprint density at radius 2 is 1.76 bits per heavy atom. The van der Waals surface area contributed by atoms with Crippen LogP contribution >= 0.6 is 39.1 Å². The fraction of sp³-hybridized carbons (Fsp3) is 0.200. The summed E-state index contributed by atoms with van der Waals surface area (Å²) >= 11 is 16.0. The van der Waals surface area contributed by atoms with Crippen molar-refractivity contribution in [1.82, 2.24) is 24.7 Å². The first-order valence-corrected chi connectivity index (χ1v) is 16.6. The molecule has 1 saturated heterocycles. The van der Waals surface area contributed by atoms with Crippen molar-refractivity contribution >= 4 is 50.7 Å². The van der Waals surface area contributed by atoms with E-state index in [1.54, 1.807) is 65.6 Å². The van der Waals surface area contributed by atoms with E-state index < -0.39 is 11.6 Å². The molecule has 5 aromatic rings. The molecule has 12 nitrogen and oxygen atoms in total. The lowest BCUT2D eigenvalue weighted by molar-refractivity contribution is -0.133. The van der Waals surface area contributed by atoms with E-state index in [1.807, 2.05) is 12.1 Å². The van der Waals surface area contributed by atoms with Crippen LogP contribution < -0.4 is 9.47 Å². The molecule has 256 valence electrons. The van der Waals surface area contributed by atoms with Crippen molar-refractivity contribution in [2.75, 3.05) is 20.8 Å². The molecule has 50 heavy (non-hydrogen) atoms. The maximum absolute atomic E-state index is 12.1. The summed E-state index contributed by atoms with van der Waals surface area (Å²) in [5.74, 6) is 0.520. The van der Waals surface area contributed by atoms with Gasteiger partial charge in [0, 0.05) is 26.0 Å². The Bertz CT molecular complexity index is 2010. The second-order valence-electron chi connectivity index (χ2n) is 10.6. The topological polar surface area (TPSA) is 144 Å². The molecule has 3 aromatic carbocycles. The average Bonchev–Trinajstić information content (AvgIpc) is 3.77. The minimum atomic E-state index is -0.576. The molecule has 1 fully saturated rings. The minimum absolute atomic E-state index is 0.184. The number of hydrogen-bond acceptors (Lipinski definition) is 11. The lowest BCUT2D eigenvalue weighted by Crippen LogP contribution is -2.31. The number of esters is 1. The fourth-order valence-corrected chi connectivity index (χ4v) is 6.31. The number of carbonyl (C=O) groups excluding carboxylic acids is 1. The van der Waals surface area contributed by atoms with E-state index in [4.69, 9.17) is 46.9 Å². The third kappa shape index (κ3) is 8.96. The molecule has 0 spiro atoms. The molecule has 6 rings (SSSR count). The SMILES string of the molecule is CO/C=C(/C(=O)OC)c1ccccc1Oc1cc(Oc2ccccc2C#N)ncn1.Clc1ccc(C2(Cn3cncn3)CC(Br)CO2)c(Cl)c1. The number of nitriles is 1. The van der Waals surface area contributed by atoms with Crippen molar-refractivity contribution in [1.29, 1.82) is 5.26 Å². The number of nitrogens with zero attached hydrogens (tertiary/aromatic N) is 6. The summed E-state index contributed by atoms with van der Waals surface area (Å²) in [7, 11) is 2.71. The van der Waals surface area contributed by atoms with Crippen LogP contribution in [0.4, 0.5) is 0 Å². The van der Waals surface area contributed by atoms with Gasteiger partial charge in [0.15, 0.2) is 0 Å². The fourth-order valence-electron chi connectivity index (χ4n) is 5.08. The van der Waals surface area contributed by atoms with Crippen LogP contribution in [-0.2, 0) is 31.2 Å². The quantitative estimate of drug-likeness (QED) is 0.0594. The molecule has 2 aromatic heterocycles. The van der Waals surface area contributed by atoms with E-state index in [0.717, 1.165) is 12.0 Å². The first-order valence-electron chi connectivity index (χ1n) is 14.9. The Balaban J connectivity index is 0.000000210. The number of alkyl halides is 1. The van der Waals surface area contributed by atoms with Crippen LogP contribution in [0, 0.1) is 11.3 Å². The molecule has 0 amide bonds. The maximum atomic E-state index is 12.1. The zero-order valence-electron chi connectivity index (χ0n) is 26.7. The largest absolute Gasteiger partial charge is 0.503 e. The molecule has 0 radical (unpaired) electrons. The van der Waals surface area contributed by atoms with Gasteiger partial charge >= 0.3 is 5.97 Å². The van der Waals surface area contributed by atoms with Gasteiger partial charge in [-0.25, -0.2) is 24.4 Å². The Kier molecular flexibility index (Phi) is 12.4. The van der Waals surface area contributed by atoms with Gasteiger partial charge in [0.25, 0.3) is 0 Å². The molecule has 0 bridgehead atoms. The van der Waals surface area contributed by atoms with Crippen LogP contribution in [0.15, 0.2) is 98.0 Å². The van der Waals surface area contributed by atoms with Gasteiger partial charge in [-0.3, -0.25) is 0 Å². The third-order valence-corrected chi connectivity index (χ3v) is 8.41. The van der Waals surface area contributed by atoms with Crippen molar-refractivity contribution in [2.45, 2.75) is 23.4 Å². The lowest BCUT2D eigenvalue weighted by Gasteiger charge is -2.29. The minimum Gasteiger partial charge on any atom is -0.503 e. The number of carbonyl (C=O) groups is 1. The standard InChI is InChI=1S/C22H17N3O5.C13H12BrCl2N3O/c1-27-13-17(22(26)28-2)16-8-4-6-10-19(16)30-21-11-20(24-14-25-21)29-18-9-5-3-7-15(18)12-23;14-9-4-13(20-5-9,6-19-8-17-7-18-19)11-2-1-10(15)3-12(11)16/h3-11,13-14H,1-2H3;1-3,7-9H,4-6H2/b17-13+;. The summed E-state index contributed by atoms with van der Waals surface area (Å²) in [6.07, 6.45) is 6.55. The summed E-state index contributed by atoms with van der Waals surface area (Å²) in [5.41, 5.74) is 1.44.